The van der Waals surface area contributed by atoms with Crippen LogP contribution in [0.5, 0.6) is 0 Å². The monoisotopic (exact) mass is 407 g/mol. The van der Waals surface area contributed by atoms with Crippen LogP contribution in [0, 0.1) is 13.8 Å². The average Bonchev–Trinajstić information content (AvgIpc) is 2.66. The van der Waals surface area contributed by atoms with Gasteiger partial charge in [0, 0.05) is 48.2 Å². The maximum Gasteiger partial charge on any atom is 0.407 e. The van der Waals surface area contributed by atoms with Crippen molar-refractivity contribution in [2.45, 2.75) is 59.0 Å². The summed E-state index contributed by atoms with van der Waals surface area (Å²) >= 11 is 0. The van der Waals surface area contributed by atoms with Gasteiger partial charge in [0.1, 0.15) is 0 Å². The van der Waals surface area contributed by atoms with Crippen molar-refractivity contribution in [3.05, 3.63) is 53.9 Å². The molecule has 0 aliphatic carbocycles. The lowest BCUT2D eigenvalue weighted by Crippen LogP contribution is -2.54. The van der Waals surface area contributed by atoms with Crippen molar-refractivity contribution >= 4 is 17.9 Å². The highest BCUT2D eigenvalue weighted by atomic mass is 16.4. The largest absolute Gasteiger partial charge is 0.465 e. The zero-order valence-electron chi connectivity index (χ0n) is 18.8. The predicted molar refractivity (Wildman–Crippen MR) is 124 cm³/mol. The Morgan fingerprint density at radius 2 is 1.77 bits per heavy atom. The van der Waals surface area contributed by atoms with Crippen LogP contribution in [0.25, 0.3) is 17.2 Å². The van der Waals surface area contributed by atoms with E-state index in [2.05, 4.69) is 48.5 Å². The maximum absolute atomic E-state index is 11.9. The molecular weight excluding hydrogens is 374 g/mol. The van der Waals surface area contributed by atoms with Crippen LogP contribution in [0.2, 0.25) is 0 Å². The Hall–Kier alpha value is -2.82. The molecule has 0 saturated carbocycles. The van der Waals surface area contributed by atoms with Gasteiger partial charge in [-0.15, -0.1) is 0 Å². The Morgan fingerprint density at radius 3 is 2.27 bits per heavy atom. The molecule has 0 unspecified atom stereocenters. The van der Waals surface area contributed by atoms with Crippen molar-refractivity contribution in [3.8, 4) is 11.1 Å². The summed E-state index contributed by atoms with van der Waals surface area (Å²) in [4.78, 5) is 20.3. The van der Waals surface area contributed by atoms with E-state index in [9.17, 15) is 9.90 Å². The van der Waals surface area contributed by atoms with Crippen LogP contribution >= 0.6 is 0 Å². The molecule has 1 fully saturated rings. The summed E-state index contributed by atoms with van der Waals surface area (Å²) in [5.74, 6) is 0. The first-order chi connectivity index (χ1) is 14.1. The van der Waals surface area contributed by atoms with Crippen molar-refractivity contribution in [2.75, 3.05) is 18.0 Å². The van der Waals surface area contributed by atoms with E-state index in [1.165, 1.54) is 11.1 Å². The Bertz CT molecular complexity index is 918. The van der Waals surface area contributed by atoms with E-state index in [0.29, 0.717) is 0 Å². The first-order valence-corrected chi connectivity index (χ1v) is 10.6. The van der Waals surface area contributed by atoms with Gasteiger partial charge < -0.3 is 14.9 Å². The number of aryl methyl sites for hydroxylation is 2. The van der Waals surface area contributed by atoms with E-state index >= 15 is 0 Å². The molecule has 0 atom stereocenters. The number of hydrogen-bond donors (Lipinski definition) is 1. The van der Waals surface area contributed by atoms with E-state index in [4.69, 9.17) is 0 Å². The third-order valence-corrected chi connectivity index (χ3v) is 5.77. The summed E-state index contributed by atoms with van der Waals surface area (Å²) in [6.45, 7) is 15.7. The third kappa shape index (κ3) is 4.50. The van der Waals surface area contributed by atoms with Crippen LogP contribution in [0.15, 0.2) is 37.2 Å². The molecule has 1 N–H and O–H groups in total. The van der Waals surface area contributed by atoms with E-state index < -0.39 is 11.6 Å². The lowest BCUT2D eigenvalue weighted by molar-refractivity contribution is 0.0616. The zero-order valence-corrected chi connectivity index (χ0v) is 18.8. The smallest absolute Gasteiger partial charge is 0.407 e. The quantitative estimate of drug-likeness (QED) is 0.700. The number of pyridine rings is 1. The zero-order chi connectivity index (χ0) is 22.1. The molecular formula is C25H33N3O2. The Labute approximate surface area is 180 Å². The summed E-state index contributed by atoms with van der Waals surface area (Å²) in [5.41, 5.74) is 6.44. The van der Waals surface area contributed by atoms with Crippen LogP contribution in [0.4, 0.5) is 10.5 Å². The Balaban J connectivity index is 1.94. The lowest BCUT2D eigenvalue weighted by Gasteiger charge is -2.44. The van der Waals surface area contributed by atoms with Gasteiger partial charge in [-0.2, -0.15) is 0 Å². The molecule has 1 aromatic carbocycles. The minimum atomic E-state index is -0.840. The highest BCUT2D eigenvalue weighted by molar-refractivity contribution is 5.85. The van der Waals surface area contributed by atoms with Gasteiger partial charge >= 0.3 is 6.09 Å². The number of piperidine rings is 1. The summed E-state index contributed by atoms with van der Waals surface area (Å²) < 4.78 is 0. The lowest BCUT2D eigenvalue weighted by atomic mass is 9.94. The number of carboxylic acid groups (broad SMARTS) is 1. The highest BCUT2D eigenvalue weighted by Gasteiger charge is 2.35. The predicted octanol–water partition coefficient (Wildman–Crippen LogP) is 5.76. The van der Waals surface area contributed by atoms with Gasteiger partial charge in [-0.05, 0) is 53.0 Å². The maximum atomic E-state index is 11.9. The van der Waals surface area contributed by atoms with Gasteiger partial charge in [0.15, 0.2) is 0 Å². The molecule has 1 aromatic heterocycles. The molecule has 2 heterocycles. The molecule has 1 aliphatic heterocycles. The molecule has 2 aromatic rings. The van der Waals surface area contributed by atoms with Crippen molar-refractivity contribution in [3.63, 3.8) is 0 Å². The van der Waals surface area contributed by atoms with Crippen LogP contribution in [-0.4, -0.2) is 45.8 Å². The molecule has 1 aliphatic rings. The Morgan fingerprint density at radius 1 is 1.17 bits per heavy atom. The van der Waals surface area contributed by atoms with Crippen LogP contribution < -0.4 is 4.90 Å². The number of amides is 1. The first kappa shape index (κ1) is 21.9. The van der Waals surface area contributed by atoms with Gasteiger partial charge in [0.25, 0.3) is 0 Å². The summed E-state index contributed by atoms with van der Waals surface area (Å²) in [6, 6.07) is 6.59. The summed E-state index contributed by atoms with van der Waals surface area (Å²) in [6.07, 6.45) is 6.41. The van der Waals surface area contributed by atoms with E-state index in [-0.39, 0.29) is 6.04 Å². The number of aromatic nitrogens is 1. The van der Waals surface area contributed by atoms with Gasteiger partial charge in [-0.1, -0.05) is 42.0 Å². The molecule has 3 rings (SSSR count). The second-order valence-corrected chi connectivity index (χ2v) is 9.25. The normalized spacial score (nSPS) is 15.2. The van der Waals surface area contributed by atoms with Crippen LogP contribution in [0.1, 0.15) is 50.3 Å². The van der Waals surface area contributed by atoms with E-state index in [1.807, 2.05) is 39.2 Å². The Kier molecular flexibility index (Phi) is 6.20. The van der Waals surface area contributed by atoms with Crippen molar-refractivity contribution in [1.29, 1.82) is 0 Å². The number of nitrogens with zero attached hydrogens (tertiary/aromatic N) is 3. The third-order valence-electron chi connectivity index (χ3n) is 5.77. The van der Waals surface area contributed by atoms with E-state index in [0.717, 1.165) is 48.3 Å². The fourth-order valence-electron chi connectivity index (χ4n) is 4.65. The SMILES string of the molecule is C=Cc1cncc(-c2cc(C)cc(C)c2)c1N1CCC(N(C(=O)O)C(C)(C)C)CC1. The van der Waals surface area contributed by atoms with Crippen LogP contribution in [0.3, 0.4) is 0 Å². The van der Waals surface area contributed by atoms with Gasteiger partial charge in [0.05, 0.1) is 5.69 Å². The van der Waals surface area contributed by atoms with Crippen molar-refractivity contribution < 1.29 is 9.90 Å². The molecule has 5 heteroatoms. The minimum absolute atomic E-state index is 0.0254. The molecule has 1 saturated heterocycles. The highest BCUT2D eigenvalue weighted by Crippen LogP contribution is 2.37. The van der Waals surface area contributed by atoms with Crippen molar-refractivity contribution in [1.82, 2.24) is 9.88 Å². The number of rotatable bonds is 4. The fourth-order valence-corrected chi connectivity index (χ4v) is 4.65. The second-order valence-electron chi connectivity index (χ2n) is 9.25. The van der Waals surface area contributed by atoms with Gasteiger partial charge in [-0.25, -0.2) is 4.79 Å². The average molecular weight is 408 g/mol. The van der Waals surface area contributed by atoms with Gasteiger partial charge in [0.2, 0.25) is 0 Å². The molecule has 0 bridgehead atoms. The van der Waals surface area contributed by atoms with Gasteiger partial charge in [-0.3, -0.25) is 4.98 Å². The molecule has 160 valence electrons. The van der Waals surface area contributed by atoms with Crippen molar-refractivity contribution in [2.24, 2.45) is 0 Å². The van der Waals surface area contributed by atoms with Crippen LogP contribution in [-0.2, 0) is 0 Å². The second kappa shape index (κ2) is 8.50. The topological polar surface area (TPSA) is 56.7 Å². The fraction of sp³-hybridized carbons (Fsp3) is 0.440. The first-order valence-electron chi connectivity index (χ1n) is 10.6. The molecule has 5 nitrogen and oxygen atoms in total. The molecule has 0 spiro atoms. The summed E-state index contributed by atoms with van der Waals surface area (Å²) in [7, 11) is 0. The summed E-state index contributed by atoms with van der Waals surface area (Å²) in [5, 5.41) is 9.76. The number of hydrogen-bond acceptors (Lipinski definition) is 3. The standard InChI is InChI=1S/C25H33N3O2/c1-7-19-15-26-16-22(20-13-17(2)12-18(3)14-20)23(19)27-10-8-21(9-11-27)28(24(29)30)25(4,5)6/h7,12-16,21H,1,8-11H2,2-6H3,(H,29,30). The molecule has 1 amide bonds. The van der Waals surface area contributed by atoms with E-state index in [1.54, 1.807) is 4.90 Å². The number of anilines is 1. The molecule has 30 heavy (non-hydrogen) atoms. The number of carbonyl (C=O) groups is 1. The number of benzene rings is 1. The minimum Gasteiger partial charge on any atom is -0.465 e. The molecule has 0 radical (unpaired) electrons.